The highest BCUT2D eigenvalue weighted by Gasteiger charge is 2.07. The Balaban J connectivity index is 2.24. The lowest BCUT2D eigenvalue weighted by Gasteiger charge is -2.12. The molecule has 20 heavy (non-hydrogen) atoms. The van der Waals surface area contributed by atoms with Crippen LogP contribution in [0, 0.1) is 6.92 Å². The van der Waals surface area contributed by atoms with Gasteiger partial charge in [0.1, 0.15) is 0 Å². The highest BCUT2D eigenvalue weighted by Crippen LogP contribution is 2.32. The summed E-state index contributed by atoms with van der Waals surface area (Å²) < 4.78 is 0. The van der Waals surface area contributed by atoms with Gasteiger partial charge in [-0.05, 0) is 30.2 Å². The fourth-order valence-corrected chi connectivity index (χ4v) is 2.39. The molecule has 1 N–H and O–H groups in total. The molecule has 3 rings (SSSR count). The van der Waals surface area contributed by atoms with Gasteiger partial charge in [0, 0.05) is 17.5 Å². The van der Waals surface area contributed by atoms with Crippen LogP contribution in [-0.2, 0) is 0 Å². The molecule has 0 spiro atoms. The van der Waals surface area contributed by atoms with Crippen molar-refractivity contribution in [3.8, 4) is 11.1 Å². The monoisotopic (exact) mass is 259 g/mol. The van der Waals surface area contributed by atoms with Crippen molar-refractivity contribution in [2.75, 3.05) is 5.32 Å². The summed E-state index contributed by atoms with van der Waals surface area (Å²) in [6.07, 6.45) is 12.3. The highest BCUT2D eigenvalue weighted by molar-refractivity contribution is 5.84. The number of hydrogen-bond acceptors (Lipinski definition) is 1. The van der Waals surface area contributed by atoms with Gasteiger partial charge in [-0.25, -0.2) is 0 Å². The Morgan fingerprint density at radius 3 is 2.60 bits per heavy atom. The lowest BCUT2D eigenvalue weighted by molar-refractivity contribution is 1.45. The van der Waals surface area contributed by atoms with Crippen LogP contribution in [0.25, 0.3) is 17.2 Å². The van der Waals surface area contributed by atoms with E-state index in [0.29, 0.717) is 0 Å². The molecular formula is C19H17N. The van der Waals surface area contributed by atoms with Gasteiger partial charge >= 0.3 is 0 Å². The predicted molar refractivity (Wildman–Crippen MR) is 87.6 cm³/mol. The first kappa shape index (κ1) is 12.5. The minimum absolute atomic E-state index is 1.12. The van der Waals surface area contributed by atoms with Crippen molar-refractivity contribution < 1.29 is 0 Å². The topological polar surface area (TPSA) is 12.0 Å². The third kappa shape index (κ3) is 2.57. The summed E-state index contributed by atoms with van der Waals surface area (Å²) in [4.78, 5) is 0. The molecule has 0 atom stereocenters. The molecule has 2 aromatic rings. The summed E-state index contributed by atoms with van der Waals surface area (Å²) in [6.45, 7) is 2.13. The van der Waals surface area contributed by atoms with Crippen LogP contribution in [-0.4, -0.2) is 0 Å². The molecule has 0 unspecified atom stereocenters. The summed E-state index contributed by atoms with van der Waals surface area (Å²) in [7, 11) is 0. The van der Waals surface area contributed by atoms with E-state index in [1.54, 1.807) is 0 Å². The van der Waals surface area contributed by atoms with Crippen molar-refractivity contribution in [3.05, 3.63) is 84.1 Å². The highest BCUT2D eigenvalue weighted by atomic mass is 14.8. The molecular weight excluding hydrogens is 242 g/mol. The quantitative estimate of drug-likeness (QED) is 0.688. The molecule has 0 aromatic heterocycles. The zero-order chi connectivity index (χ0) is 13.8. The van der Waals surface area contributed by atoms with Gasteiger partial charge in [-0.15, -0.1) is 0 Å². The summed E-state index contributed by atoms with van der Waals surface area (Å²) in [5.74, 6) is 0. The van der Waals surface area contributed by atoms with Gasteiger partial charge in [0.25, 0.3) is 0 Å². The van der Waals surface area contributed by atoms with Gasteiger partial charge in [-0.2, -0.15) is 0 Å². The zero-order valence-corrected chi connectivity index (χ0v) is 11.5. The first-order chi connectivity index (χ1) is 9.84. The third-order valence-corrected chi connectivity index (χ3v) is 3.37. The number of benzene rings is 2. The normalized spacial score (nSPS) is 17.9. The zero-order valence-electron chi connectivity index (χ0n) is 11.5. The van der Waals surface area contributed by atoms with E-state index in [1.165, 1.54) is 22.3 Å². The lowest BCUT2D eigenvalue weighted by atomic mass is 9.96. The Kier molecular flexibility index (Phi) is 3.51. The Morgan fingerprint density at radius 2 is 1.65 bits per heavy atom. The fraction of sp³-hybridized carbons (Fsp3) is 0.0526. The van der Waals surface area contributed by atoms with Crippen LogP contribution < -0.4 is 5.32 Å². The van der Waals surface area contributed by atoms with E-state index in [9.17, 15) is 0 Å². The van der Waals surface area contributed by atoms with Gasteiger partial charge < -0.3 is 5.32 Å². The summed E-state index contributed by atoms with van der Waals surface area (Å²) in [5, 5.41) is 3.36. The van der Waals surface area contributed by atoms with Crippen LogP contribution in [0.3, 0.4) is 0 Å². The molecule has 1 aliphatic rings. The first-order valence-corrected chi connectivity index (χ1v) is 6.81. The van der Waals surface area contributed by atoms with Crippen molar-refractivity contribution >= 4 is 11.8 Å². The van der Waals surface area contributed by atoms with E-state index < -0.39 is 0 Å². The molecule has 1 aliphatic heterocycles. The van der Waals surface area contributed by atoms with Gasteiger partial charge in [0.15, 0.2) is 0 Å². The maximum atomic E-state index is 3.36. The Bertz CT molecular complexity index is 705. The van der Waals surface area contributed by atoms with Crippen molar-refractivity contribution in [2.24, 2.45) is 0 Å². The second-order valence-electron chi connectivity index (χ2n) is 4.88. The van der Waals surface area contributed by atoms with Crippen LogP contribution in [0.1, 0.15) is 11.1 Å². The average Bonchev–Trinajstić information content (AvgIpc) is 2.50. The largest absolute Gasteiger partial charge is 0.361 e. The lowest BCUT2D eigenvalue weighted by Crippen LogP contribution is -1.92. The van der Waals surface area contributed by atoms with E-state index in [4.69, 9.17) is 0 Å². The number of fused-ring (bicyclic) bond motifs is 3. The molecule has 0 bridgehead atoms. The minimum atomic E-state index is 1.12. The van der Waals surface area contributed by atoms with Crippen LogP contribution in [0.15, 0.2) is 73.0 Å². The molecule has 98 valence electrons. The van der Waals surface area contributed by atoms with E-state index in [1.807, 2.05) is 24.4 Å². The van der Waals surface area contributed by atoms with E-state index >= 15 is 0 Å². The number of aryl methyl sites for hydroxylation is 1. The molecule has 0 amide bonds. The maximum Gasteiger partial charge on any atom is 0.0459 e. The molecule has 1 heterocycles. The van der Waals surface area contributed by atoms with Gasteiger partial charge in [-0.3, -0.25) is 0 Å². The molecule has 0 aliphatic carbocycles. The molecule has 1 nitrogen and oxygen atoms in total. The Labute approximate surface area is 120 Å². The summed E-state index contributed by atoms with van der Waals surface area (Å²) in [5.41, 5.74) is 6.11. The number of allylic oxidation sites excluding steroid dienone is 4. The Hall–Kier alpha value is -2.54. The van der Waals surface area contributed by atoms with Crippen molar-refractivity contribution in [1.29, 1.82) is 0 Å². The predicted octanol–water partition coefficient (Wildman–Crippen LogP) is 5.17. The smallest absolute Gasteiger partial charge is 0.0459 e. The average molecular weight is 259 g/mol. The van der Waals surface area contributed by atoms with Crippen LogP contribution >= 0.6 is 0 Å². The molecule has 0 saturated heterocycles. The molecule has 0 radical (unpaired) electrons. The van der Waals surface area contributed by atoms with Crippen LogP contribution in [0.5, 0.6) is 0 Å². The Morgan fingerprint density at radius 1 is 0.800 bits per heavy atom. The van der Waals surface area contributed by atoms with Gasteiger partial charge in [0.05, 0.1) is 0 Å². The summed E-state index contributed by atoms with van der Waals surface area (Å²) in [6, 6.07) is 15.0. The number of anilines is 1. The molecule has 0 fully saturated rings. The van der Waals surface area contributed by atoms with E-state index in [2.05, 4.69) is 66.9 Å². The van der Waals surface area contributed by atoms with Crippen molar-refractivity contribution in [2.45, 2.75) is 6.92 Å². The second kappa shape index (κ2) is 5.62. The molecule has 2 aromatic carbocycles. The second-order valence-corrected chi connectivity index (χ2v) is 4.88. The molecule has 0 saturated carbocycles. The SMILES string of the molecule is Cc1ccc2c(c1)\C=C/C=C\C=C\Nc1ccccc1-2. The maximum absolute atomic E-state index is 3.36. The van der Waals surface area contributed by atoms with Crippen molar-refractivity contribution in [1.82, 2.24) is 0 Å². The van der Waals surface area contributed by atoms with Gasteiger partial charge in [0.2, 0.25) is 0 Å². The van der Waals surface area contributed by atoms with E-state index in [0.717, 1.165) is 5.69 Å². The number of rotatable bonds is 0. The van der Waals surface area contributed by atoms with Crippen LogP contribution in [0.4, 0.5) is 5.69 Å². The van der Waals surface area contributed by atoms with Crippen LogP contribution in [0.2, 0.25) is 0 Å². The third-order valence-electron chi connectivity index (χ3n) is 3.37. The minimum Gasteiger partial charge on any atom is -0.361 e. The van der Waals surface area contributed by atoms with E-state index in [-0.39, 0.29) is 0 Å². The van der Waals surface area contributed by atoms with Gasteiger partial charge in [-0.1, -0.05) is 66.3 Å². The van der Waals surface area contributed by atoms with Crippen molar-refractivity contribution in [3.63, 3.8) is 0 Å². The molecule has 1 heteroatoms. The summed E-state index contributed by atoms with van der Waals surface area (Å²) >= 11 is 0. The number of hydrogen-bond donors (Lipinski definition) is 1. The fourth-order valence-electron chi connectivity index (χ4n) is 2.39. The number of para-hydroxylation sites is 1. The standard InChI is InChI=1S/C19H17N/c1-15-11-12-17-16(14-15)8-4-2-3-7-13-20-19-10-6-5-9-18(17)19/h2-14,20H,1H3/b3-2-,8-4-,13-7+. The number of nitrogens with one attached hydrogen (secondary N) is 1. The first-order valence-electron chi connectivity index (χ1n) is 6.81.